The predicted molar refractivity (Wildman–Crippen MR) is 70.8 cm³/mol. The lowest BCUT2D eigenvalue weighted by Gasteiger charge is -2.11. The van der Waals surface area contributed by atoms with E-state index in [1.807, 2.05) is 5.43 Å². The number of carbonyl (C=O) groups excluding carboxylic acids is 4. The Morgan fingerprint density at radius 2 is 1.90 bits per heavy atom. The number of nitrogens with one attached hydrogen (secondary N) is 2. The van der Waals surface area contributed by atoms with Crippen molar-refractivity contribution in [2.45, 2.75) is 19.1 Å². The SMILES string of the molecule is NC(=O)C[C@@H]([C]=O)NNC(=O)C(=O)OCc1ccccc1. The number of benzene rings is 1. The molecule has 0 aliphatic heterocycles. The van der Waals surface area contributed by atoms with Crippen LogP contribution >= 0.6 is 0 Å². The van der Waals surface area contributed by atoms with E-state index >= 15 is 0 Å². The molecule has 0 aliphatic rings. The number of hydrogen-bond donors (Lipinski definition) is 3. The van der Waals surface area contributed by atoms with Gasteiger partial charge in [0.2, 0.25) is 12.2 Å². The lowest BCUT2D eigenvalue weighted by molar-refractivity contribution is -0.156. The summed E-state index contributed by atoms with van der Waals surface area (Å²) in [6, 6.07) is 7.66. The van der Waals surface area contributed by atoms with Crippen molar-refractivity contribution < 1.29 is 23.9 Å². The van der Waals surface area contributed by atoms with Gasteiger partial charge in [-0.25, -0.2) is 10.2 Å². The zero-order valence-corrected chi connectivity index (χ0v) is 11.0. The second-order valence-electron chi connectivity index (χ2n) is 4.00. The Morgan fingerprint density at radius 1 is 1.24 bits per heavy atom. The molecule has 1 aromatic rings. The van der Waals surface area contributed by atoms with Crippen LogP contribution in [0.15, 0.2) is 30.3 Å². The van der Waals surface area contributed by atoms with Crippen molar-refractivity contribution in [3.05, 3.63) is 35.9 Å². The second kappa shape index (κ2) is 8.43. The number of hydrogen-bond acceptors (Lipinski definition) is 6. The Bertz CT molecular complexity index is 518. The Kier molecular flexibility index (Phi) is 6.55. The molecule has 8 heteroatoms. The average molecular weight is 292 g/mol. The molecule has 1 radical (unpaired) electrons. The van der Waals surface area contributed by atoms with Gasteiger partial charge in [0.05, 0.1) is 6.42 Å². The highest BCUT2D eigenvalue weighted by Crippen LogP contribution is 2.00. The van der Waals surface area contributed by atoms with E-state index in [0.717, 1.165) is 5.56 Å². The number of nitrogens with two attached hydrogens (primary N) is 1. The maximum Gasteiger partial charge on any atom is 0.398 e. The van der Waals surface area contributed by atoms with Crippen molar-refractivity contribution in [3.63, 3.8) is 0 Å². The minimum atomic E-state index is -1.13. The summed E-state index contributed by atoms with van der Waals surface area (Å²) in [7, 11) is 0. The molecule has 0 heterocycles. The molecular weight excluding hydrogens is 278 g/mol. The smallest absolute Gasteiger partial charge is 0.398 e. The monoisotopic (exact) mass is 292 g/mol. The average Bonchev–Trinajstić information content (AvgIpc) is 2.49. The number of primary amides is 1. The molecule has 111 valence electrons. The van der Waals surface area contributed by atoms with E-state index in [-0.39, 0.29) is 13.0 Å². The summed E-state index contributed by atoms with van der Waals surface area (Å²) in [5, 5.41) is 0. The van der Waals surface area contributed by atoms with Gasteiger partial charge in [-0.3, -0.25) is 19.8 Å². The van der Waals surface area contributed by atoms with E-state index in [9.17, 15) is 19.2 Å². The summed E-state index contributed by atoms with van der Waals surface area (Å²) in [4.78, 5) is 43.8. The fourth-order valence-electron chi connectivity index (χ4n) is 1.32. The predicted octanol–water partition coefficient (Wildman–Crippen LogP) is -1.30. The Morgan fingerprint density at radius 3 is 2.48 bits per heavy atom. The van der Waals surface area contributed by atoms with E-state index in [1.54, 1.807) is 30.3 Å². The highest BCUT2D eigenvalue weighted by Gasteiger charge is 2.18. The van der Waals surface area contributed by atoms with Gasteiger partial charge in [0.25, 0.3) is 0 Å². The van der Waals surface area contributed by atoms with Crippen LogP contribution in [0.4, 0.5) is 0 Å². The standard InChI is InChI=1S/C13H14N3O5/c14-11(18)6-10(7-17)15-16-12(19)13(20)21-8-9-4-2-1-3-5-9/h1-5,10,15H,6,8H2,(H2,14,18)(H,16,19)/t10-/m0/s1. The van der Waals surface area contributed by atoms with E-state index in [2.05, 4.69) is 5.43 Å². The fraction of sp³-hybridized carbons (Fsp3) is 0.231. The number of carbonyl (C=O) groups is 3. The lowest BCUT2D eigenvalue weighted by Crippen LogP contribution is -2.49. The maximum absolute atomic E-state index is 11.4. The number of amides is 2. The highest BCUT2D eigenvalue weighted by molar-refractivity contribution is 6.32. The minimum absolute atomic E-state index is 0.0579. The van der Waals surface area contributed by atoms with Crippen LogP contribution in [0.3, 0.4) is 0 Å². The van der Waals surface area contributed by atoms with Gasteiger partial charge in [0.15, 0.2) is 0 Å². The van der Waals surface area contributed by atoms with Gasteiger partial charge in [0, 0.05) is 0 Å². The van der Waals surface area contributed by atoms with E-state index in [4.69, 9.17) is 10.5 Å². The topological polar surface area (TPSA) is 128 Å². The Hall–Kier alpha value is -2.74. The van der Waals surface area contributed by atoms with Crippen LogP contribution in [0.2, 0.25) is 0 Å². The van der Waals surface area contributed by atoms with Gasteiger partial charge < -0.3 is 10.5 Å². The summed E-state index contributed by atoms with van der Waals surface area (Å²) in [6.07, 6.45) is 1.10. The maximum atomic E-state index is 11.4. The third kappa shape index (κ3) is 6.30. The molecule has 0 bridgehead atoms. The highest BCUT2D eigenvalue weighted by atomic mass is 16.5. The molecule has 1 atom stereocenters. The molecule has 0 saturated carbocycles. The van der Waals surface area contributed by atoms with Crippen molar-refractivity contribution in [1.29, 1.82) is 0 Å². The molecule has 0 spiro atoms. The van der Waals surface area contributed by atoms with E-state index in [1.165, 1.54) is 6.29 Å². The quantitative estimate of drug-likeness (QED) is 0.326. The van der Waals surface area contributed by atoms with Gasteiger partial charge in [-0.1, -0.05) is 30.3 Å². The summed E-state index contributed by atoms with van der Waals surface area (Å²) in [5.41, 5.74) is 9.70. The third-order valence-electron chi connectivity index (χ3n) is 2.31. The fourth-order valence-corrected chi connectivity index (χ4v) is 1.32. The molecular formula is C13H14N3O5. The largest absolute Gasteiger partial charge is 0.454 e. The summed E-state index contributed by atoms with van der Waals surface area (Å²) in [6.45, 7) is -0.0579. The summed E-state index contributed by atoms with van der Waals surface area (Å²) >= 11 is 0. The first-order valence-corrected chi connectivity index (χ1v) is 5.95. The molecule has 0 saturated heterocycles. The van der Waals surface area contributed by atoms with Gasteiger partial charge in [-0.2, -0.15) is 0 Å². The van der Waals surface area contributed by atoms with Gasteiger partial charge in [0.1, 0.15) is 12.6 Å². The molecule has 8 nitrogen and oxygen atoms in total. The third-order valence-corrected chi connectivity index (χ3v) is 2.31. The van der Waals surface area contributed by atoms with Crippen molar-refractivity contribution in [2.75, 3.05) is 0 Å². The first-order chi connectivity index (χ1) is 10.0. The van der Waals surface area contributed by atoms with Crippen molar-refractivity contribution >= 4 is 24.1 Å². The van der Waals surface area contributed by atoms with Crippen LogP contribution in [-0.4, -0.2) is 30.1 Å². The number of rotatable bonds is 7. The van der Waals surface area contributed by atoms with Gasteiger partial charge in [-0.05, 0) is 5.56 Å². The molecule has 0 aromatic heterocycles. The Labute approximate surface area is 120 Å². The van der Waals surface area contributed by atoms with Crippen molar-refractivity contribution in [2.24, 2.45) is 5.73 Å². The van der Waals surface area contributed by atoms with Crippen molar-refractivity contribution in [3.8, 4) is 0 Å². The first kappa shape index (κ1) is 16.3. The summed E-state index contributed by atoms with van der Waals surface area (Å²) in [5.74, 6) is -2.98. The van der Waals surface area contributed by atoms with Crippen LogP contribution < -0.4 is 16.6 Å². The molecule has 1 aromatic carbocycles. The number of esters is 1. The van der Waals surface area contributed by atoms with E-state index < -0.39 is 23.8 Å². The zero-order valence-electron chi connectivity index (χ0n) is 11.0. The minimum Gasteiger partial charge on any atom is -0.454 e. The summed E-state index contributed by atoms with van der Waals surface area (Å²) < 4.78 is 4.76. The van der Waals surface area contributed by atoms with E-state index in [0.29, 0.717) is 0 Å². The van der Waals surface area contributed by atoms with Crippen LogP contribution in [0.1, 0.15) is 12.0 Å². The normalized spacial score (nSPS) is 11.2. The van der Waals surface area contributed by atoms with Crippen LogP contribution in [0.5, 0.6) is 0 Å². The molecule has 2 amide bonds. The first-order valence-electron chi connectivity index (χ1n) is 5.95. The molecule has 0 fully saturated rings. The second-order valence-corrected chi connectivity index (χ2v) is 4.00. The molecule has 0 aliphatic carbocycles. The number of hydrazine groups is 1. The van der Waals surface area contributed by atoms with Crippen molar-refractivity contribution in [1.82, 2.24) is 10.9 Å². The van der Waals surface area contributed by atoms with Crippen LogP contribution in [0, 0.1) is 0 Å². The molecule has 1 rings (SSSR count). The molecule has 0 unspecified atom stereocenters. The zero-order chi connectivity index (χ0) is 15.7. The number of ether oxygens (including phenoxy) is 1. The van der Waals surface area contributed by atoms with Crippen LogP contribution in [0.25, 0.3) is 0 Å². The van der Waals surface area contributed by atoms with Crippen LogP contribution in [-0.2, 0) is 30.5 Å². The Balaban J connectivity index is 2.35. The molecule has 21 heavy (non-hydrogen) atoms. The van der Waals surface area contributed by atoms with Gasteiger partial charge >= 0.3 is 11.9 Å². The lowest BCUT2D eigenvalue weighted by atomic mass is 10.2. The molecule has 4 N–H and O–H groups in total. The van der Waals surface area contributed by atoms with Gasteiger partial charge in [-0.15, -0.1) is 0 Å².